The van der Waals surface area contributed by atoms with Crippen molar-refractivity contribution in [3.63, 3.8) is 0 Å². The smallest absolute Gasteiger partial charge is 0.337 e. The van der Waals surface area contributed by atoms with Crippen molar-refractivity contribution >= 4 is 5.97 Å². The van der Waals surface area contributed by atoms with Gasteiger partial charge in [-0.15, -0.1) is 0 Å². The molecule has 0 aliphatic rings. The number of carbonyl (C=O) groups is 1. The molecule has 0 fully saturated rings. The highest BCUT2D eigenvalue weighted by molar-refractivity contribution is 5.89. The predicted molar refractivity (Wildman–Crippen MR) is 33.2 cm³/mol. The molecule has 0 aromatic heterocycles. The van der Waals surface area contributed by atoms with Gasteiger partial charge in [-0.05, 0) is 12.3 Å². The Morgan fingerprint density at radius 3 is 2.11 bits per heavy atom. The van der Waals surface area contributed by atoms with Crippen LogP contribution in [0.2, 0.25) is 0 Å². The molecule has 0 saturated carbocycles. The van der Waals surface area contributed by atoms with Gasteiger partial charge in [-0.1, -0.05) is 0 Å². The number of aliphatic carboxylic acids is 1. The van der Waals surface area contributed by atoms with E-state index in [9.17, 15) is 4.79 Å². The molecular formula is C5H8N2O2. The van der Waals surface area contributed by atoms with Gasteiger partial charge in [0.25, 0.3) is 0 Å². The quantitative estimate of drug-likeness (QED) is 0.341. The molecule has 4 heteroatoms. The lowest BCUT2D eigenvalue weighted by Gasteiger charge is -1.88. The van der Waals surface area contributed by atoms with Crippen LogP contribution in [0.15, 0.2) is 24.0 Å². The zero-order valence-electron chi connectivity index (χ0n) is 4.74. The topological polar surface area (TPSA) is 89.3 Å². The Balaban J connectivity index is 4.19. The molecule has 50 valence electrons. The molecule has 0 amide bonds. The number of hydrogen-bond acceptors (Lipinski definition) is 3. The van der Waals surface area contributed by atoms with E-state index in [1.807, 2.05) is 0 Å². The molecule has 0 bridgehead atoms. The second-order valence-electron chi connectivity index (χ2n) is 1.29. The second-order valence-corrected chi connectivity index (χ2v) is 1.29. The number of carboxylic acids is 1. The van der Waals surface area contributed by atoms with Crippen LogP contribution < -0.4 is 11.5 Å². The number of rotatable bonds is 2. The minimum atomic E-state index is -1.08. The first-order chi connectivity index (χ1) is 4.22. The average Bonchev–Trinajstić information content (AvgIpc) is 1.82. The lowest BCUT2D eigenvalue weighted by molar-refractivity contribution is -0.132. The normalized spacial score (nSPS) is 12.2. The molecule has 0 atom stereocenters. The van der Waals surface area contributed by atoms with E-state index in [0.717, 1.165) is 12.4 Å². The first kappa shape index (κ1) is 7.55. The highest BCUT2D eigenvalue weighted by Crippen LogP contribution is 1.91. The van der Waals surface area contributed by atoms with E-state index in [0.29, 0.717) is 0 Å². The molecule has 0 aromatic carbocycles. The van der Waals surface area contributed by atoms with Gasteiger partial charge in [0.15, 0.2) is 0 Å². The van der Waals surface area contributed by atoms with Crippen LogP contribution in [0.25, 0.3) is 0 Å². The van der Waals surface area contributed by atoms with E-state index >= 15 is 0 Å². The standard InChI is InChI=1S/C5H8N2O2/c6-2-1-4(3-7)5(8)9/h1-3H,6-7H2,(H,8,9)/b2-1-,4-3?. The van der Waals surface area contributed by atoms with Crippen molar-refractivity contribution in [2.45, 2.75) is 0 Å². The number of carboxylic acid groups (broad SMARTS) is 1. The van der Waals surface area contributed by atoms with Crippen LogP contribution >= 0.6 is 0 Å². The Kier molecular flexibility index (Phi) is 2.97. The predicted octanol–water partition coefficient (Wildman–Crippen LogP) is -0.614. The van der Waals surface area contributed by atoms with Gasteiger partial charge in [0, 0.05) is 6.20 Å². The zero-order valence-corrected chi connectivity index (χ0v) is 4.74. The molecular weight excluding hydrogens is 120 g/mol. The monoisotopic (exact) mass is 128 g/mol. The van der Waals surface area contributed by atoms with Crippen molar-refractivity contribution in [2.75, 3.05) is 0 Å². The summed E-state index contributed by atoms with van der Waals surface area (Å²) in [6.45, 7) is 0. The highest BCUT2D eigenvalue weighted by Gasteiger charge is 1.98. The van der Waals surface area contributed by atoms with Crippen LogP contribution in [0.1, 0.15) is 0 Å². The SMILES string of the molecule is NC=C(/C=C\N)C(=O)O. The number of hydrogen-bond donors (Lipinski definition) is 3. The van der Waals surface area contributed by atoms with E-state index in [4.69, 9.17) is 16.6 Å². The van der Waals surface area contributed by atoms with E-state index in [1.54, 1.807) is 0 Å². The average molecular weight is 128 g/mol. The molecule has 4 nitrogen and oxygen atoms in total. The summed E-state index contributed by atoms with van der Waals surface area (Å²) in [4.78, 5) is 10.1. The van der Waals surface area contributed by atoms with Crippen LogP contribution in [0.4, 0.5) is 0 Å². The first-order valence-electron chi connectivity index (χ1n) is 2.26. The summed E-state index contributed by atoms with van der Waals surface area (Å²) in [6.07, 6.45) is 3.31. The summed E-state index contributed by atoms with van der Waals surface area (Å²) in [5, 5.41) is 8.25. The summed E-state index contributed by atoms with van der Waals surface area (Å²) in [7, 11) is 0. The van der Waals surface area contributed by atoms with E-state index in [1.165, 1.54) is 6.08 Å². The van der Waals surface area contributed by atoms with Crippen LogP contribution in [0.3, 0.4) is 0 Å². The van der Waals surface area contributed by atoms with E-state index < -0.39 is 5.97 Å². The lowest BCUT2D eigenvalue weighted by Crippen LogP contribution is -2.00. The second kappa shape index (κ2) is 3.54. The van der Waals surface area contributed by atoms with Crippen LogP contribution in [0, 0.1) is 0 Å². The maximum absolute atomic E-state index is 10.1. The Hall–Kier alpha value is -1.45. The zero-order chi connectivity index (χ0) is 7.28. The molecule has 0 aromatic rings. The fourth-order valence-electron chi connectivity index (χ4n) is 0.302. The van der Waals surface area contributed by atoms with Crippen molar-refractivity contribution in [3.05, 3.63) is 24.0 Å². The summed E-state index contributed by atoms with van der Waals surface area (Å²) in [5.74, 6) is -1.08. The molecule has 0 aliphatic heterocycles. The highest BCUT2D eigenvalue weighted by atomic mass is 16.4. The summed E-state index contributed by atoms with van der Waals surface area (Å²) in [6, 6.07) is 0. The van der Waals surface area contributed by atoms with Gasteiger partial charge >= 0.3 is 5.97 Å². The molecule has 0 radical (unpaired) electrons. The van der Waals surface area contributed by atoms with Gasteiger partial charge in [-0.25, -0.2) is 4.79 Å². The molecule has 5 N–H and O–H groups in total. The van der Waals surface area contributed by atoms with Gasteiger partial charge in [-0.3, -0.25) is 0 Å². The third-order valence-corrected chi connectivity index (χ3v) is 0.702. The summed E-state index contributed by atoms with van der Waals surface area (Å²) < 4.78 is 0. The van der Waals surface area contributed by atoms with Gasteiger partial charge in [0.1, 0.15) is 0 Å². The third kappa shape index (κ3) is 2.38. The fourth-order valence-corrected chi connectivity index (χ4v) is 0.302. The Morgan fingerprint density at radius 1 is 1.44 bits per heavy atom. The minimum Gasteiger partial charge on any atom is -0.478 e. The van der Waals surface area contributed by atoms with Crippen molar-refractivity contribution in [2.24, 2.45) is 11.5 Å². The third-order valence-electron chi connectivity index (χ3n) is 0.702. The number of nitrogens with two attached hydrogens (primary N) is 2. The van der Waals surface area contributed by atoms with E-state index in [2.05, 4.69) is 0 Å². The van der Waals surface area contributed by atoms with Gasteiger partial charge in [-0.2, -0.15) is 0 Å². The maximum atomic E-state index is 10.1. The van der Waals surface area contributed by atoms with Gasteiger partial charge in [0.2, 0.25) is 0 Å². The van der Waals surface area contributed by atoms with Crippen LogP contribution in [-0.4, -0.2) is 11.1 Å². The molecule has 9 heavy (non-hydrogen) atoms. The maximum Gasteiger partial charge on any atom is 0.337 e. The fraction of sp³-hybridized carbons (Fsp3) is 0. The van der Waals surface area contributed by atoms with Crippen molar-refractivity contribution in [1.29, 1.82) is 0 Å². The lowest BCUT2D eigenvalue weighted by atomic mass is 10.3. The summed E-state index contributed by atoms with van der Waals surface area (Å²) >= 11 is 0. The van der Waals surface area contributed by atoms with Crippen molar-refractivity contribution in [1.82, 2.24) is 0 Å². The van der Waals surface area contributed by atoms with Gasteiger partial charge < -0.3 is 16.6 Å². The molecule has 0 saturated heterocycles. The van der Waals surface area contributed by atoms with E-state index in [-0.39, 0.29) is 5.57 Å². The molecule has 0 spiro atoms. The Morgan fingerprint density at radius 2 is 2.00 bits per heavy atom. The Labute approximate surface area is 52.5 Å². The molecule has 0 unspecified atom stereocenters. The van der Waals surface area contributed by atoms with Gasteiger partial charge in [0.05, 0.1) is 5.57 Å². The Bertz CT molecular complexity index is 160. The minimum absolute atomic E-state index is 0.0162. The molecule has 0 aliphatic carbocycles. The summed E-state index contributed by atoms with van der Waals surface area (Å²) in [5.41, 5.74) is 9.80. The van der Waals surface area contributed by atoms with Crippen LogP contribution in [0.5, 0.6) is 0 Å². The largest absolute Gasteiger partial charge is 0.478 e. The van der Waals surface area contributed by atoms with Crippen molar-refractivity contribution in [3.8, 4) is 0 Å². The van der Waals surface area contributed by atoms with Crippen LogP contribution in [-0.2, 0) is 4.79 Å². The first-order valence-corrected chi connectivity index (χ1v) is 2.26. The van der Waals surface area contributed by atoms with Crippen molar-refractivity contribution < 1.29 is 9.90 Å². The molecule has 0 heterocycles. The molecule has 0 rings (SSSR count).